The zero-order chi connectivity index (χ0) is 10.7. The Morgan fingerprint density at radius 3 is 2.53 bits per heavy atom. The summed E-state index contributed by atoms with van der Waals surface area (Å²) in [4.78, 5) is 0. The highest BCUT2D eigenvalue weighted by atomic mass is 16.4. The lowest BCUT2D eigenvalue weighted by atomic mass is 9.99. The van der Waals surface area contributed by atoms with Crippen LogP contribution < -0.4 is 5.73 Å². The van der Waals surface area contributed by atoms with Crippen LogP contribution >= 0.6 is 0 Å². The summed E-state index contributed by atoms with van der Waals surface area (Å²) in [5.74, 6) is 1.15. The average Bonchev–Trinajstić information content (AvgIpc) is 2.68. The second-order valence-corrected chi connectivity index (χ2v) is 3.36. The van der Waals surface area contributed by atoms with Crippen molar-refractivity contribution in [3.05, 3.63) is 47.7 Å². The van der Waals surface area contributed by atoms with Crippen molar-refractivity contribution in [3.63, 3.8) is 0 Å². The molecule has 1 aromatic heterocycles. The normalized spacial score (nSPS) is 12.7. The van der Waals surface area contributed by atoms with E-state index in [1.54, 1.807) is 6.92 Å². The number of hydrogen-bond donors (Lipinski definition) is 1. The molecule has 4 heteroatoms. The van der Waals surface area contributed by atoms with Gasteiger partial charge in [0.15, 0.2) is 0 Å². The molecule has 0 amide bonds. The summed E-state index contributed by atoms with van der Waals surface area (Å²) in [6.07, 6.45) is 0. The third-order valence-corrected chi connectivity index (χ3v) is 2.28. The van der Waals surface area contributed by atoms with E-state index >= 15 is 0 Å². The van der Waals surface area contributed by atoms with Gasteiger partial charge in [0.05, 0.1) is 5.92 Å². The third kappa shape index (κ3) is 2.05. The van der Waals surface area contributed by atoms with Crippen molar-refractivity contribution in [2.75, 3.05) is 6.54 Å². The summed E-state index contributed by atoms with van der Waals surface area (Å²) < 4.78 is 5.39. The predicted molar refractivity (Wildman–Crippen MR) is 56.4 cm³/mol. The van der Waals surface area contributed by atoms with E-state index in [4.69, 9.17) is 10.2 Å². The molecule has 0 aliphatic rings. The Kier molecular flexibility index (Phi) is 2.78. The Balaban J connectivity index is 2.33. The molecule has 2 rings (SSSR count). The minimum absolute atomic E-state index is 0.00704. The molecule has 78 valence electrons. The van der Waals surface area contributed by atoms with Crippen LogP contribution in [0.5, 0.6) is 0 Å². The Morgan fingerprint density at radius 2 is 2.00 bits per heavy atom. The number of nitrogens with zero attached hydrogens (tertiary/aromatic N) is 2. The van der Waals surface area contributed by atoms with Crippen molar-refractivity contribution < 1.29 is 4.42 Å². The maximum Gasteiger partial charge on any atom is 0.225 e. The van der Waals surface area contributed by atoms with E-state index in [0.29, 0.717) is 18.3 Å². The molecule has 15 heavy (non-hydrogen) atoms. The molecule has 0 saturated heterocycles. The Hall–Kier alpha value is -1.68. The minimum atomic E-state index is -0.00704. The molecule has 1 atom stereocenters. The van der Waals surface area contributed by atoms with Crippen LogP contribution in [0.25, 0.3) is 0 Å². The molecule has 2 aromatic rings. The lowest BCUT2D eigenvalue weighted by molar-refractivity contribution is 0.449. The molecule has 1 unspecified atom stereocenters. The monoisotopic (exact) mass is 203 g/mol. The highest BCUT2D eigenvalue weighted by Crippen LogP contribution is 2.21. The number of nitrogens with two attached hydrogens (primary N) is 1. The molecule has 2 N–H and O–H groups in total. The van der Waals surface area contributed by atoms with Crippen molar-refractivity contribution in [2.24, 2.45) is 5.73 Å². The summed E-state index contributed by atoms with van der Waals surface area (Å²) in [6, 6.07) is 9.94. The van der Waals surface area contributed by atoms with Gasteiger partial charge in [0.2, 0.25) is 11.8 Å². The van der Waals surface area contributed by atoms with E-state index in [-0.39, 0.29) is 5.92 Å². The summed E-state index contributed by atoms with van der Waals surface area (Å²) >= 11 is 0. The van der Waals surface area contributed by atoms with Gasteiger partial charge in [0.25, 0.3) is 0 Å². The van der Waals surface area contributed by atoms with Gasteiger partial charge in [-0.1, -0.05) is 30.3 Å². The van der Waals surface area contributed by atoms with E-state index in [1.165, 1.54) is 0 Å². The first-order chi connectivity index (χ1) is 7.31. The highest BCUT2D eigenvalue weighted by molar-refractivity contribution is 5.24. The van der Waals surface area contributed by atoms with Gasteiger partial charge in [0.1, 0.15) is 0 Å². The number of benzene rings is 1. The lowest BCUT2D eigenvalue weighted by Crippen LogP contribution is -2.14. The molecular formula is C11H13N3O. The van der Waals surface area contributed by atoms with Gasteiger partial charge in [-0.15, -0.1) is 10.2 Å². The first-order valence-electron chi connectivity index (χ1n) is 4.86. The fraction of sp³-hybridized carbons (Fsp3) is 0.273. The fourth-order valence-corrected chi connectivity index (χ4v) is 1.52. The van der Waals surface area contributed by atoms with Crippen LogP contribution in [0.15, 0.2) is 34.7 Å². The second-order valence-electron chi connectivity index (χ2n) is 3.36. The average molecular weight is 203 g/mol. The van der Waals surface area contributed by atoms with Gasteiger partial charge in [0, 0.05) is 13.5 Å². The zero-order valence-electron chi connectivity index (χ0n) is 8.55. The van der Waals surface area contributed by atoms with Gasteiger partial charge < -0.3 is 10.2 Å². The second kappa shape index (κ2) is 4.23. The molecule has 1 aromatic carbocycles. The Morgan fingerprint density at radius 1 is 1.27 bits per heavy atom. The maximum atomic E-state index is 5.72. The van der Waals surface area contributed by atoms with Crippen LogP contribution in [0.4, 0.5) is 0 Å². The third-order valence-electron chi connectivity index (χ3n) is 2.28. The van der Waals surface area contributed by atoms with Crippen LogP contribution in [0.3, 0.4) is 0 Å². The minimum Gasteiger partial charge on any atom is -0.425 e. The van der Waals surface area contributed by atoms with E-state index in [9.17, 15) is 0 Å². The van der Waals surface area contributed by atoms with Crippen molar-refractivity contribution in [1.29, 1.82) is 0 Å². The molecule has 1 heterocycles. The SMILES string of the molecule is Cc1nnc(C(CN)c2ccccc2)o1. The Labute approximate surface area is 88.1 Å². The highest BCUT2D eigenvalue weighted by Gasteiger charge is 2.17. The molecule has 0 fully saturated rings. The molecular weight excluding hydrogens is 190 g/mol. The first-order valence-corrected chi connectivity index (χ1v) is 4.86. The topological polar surface area (TPSA) is 64.9 Å². The van der Waals surface area contributed by atoms with E-state index in [0.717, 1.165) is 5.56 Å². The molecule has 4 nitrogen and oxygen atoms in total. The first kappa shape index (κ1) is 9.86. The van der Waals surface area contributed by atoms with Crippen LogP contribution in [-0.2, 0) is 0 Å². The van der Waals surface area contributed by atoms with E-state index in [2.05, 4.69) is 10.2 Å². The van der Waals surface area contributed by atoms with Gasteiger partial charge in [-0.25, -0.2) is 0 Å². The van der Waals surface area contributed by atoms with Crippen molar-refractivity contribution in [1.82, 2.24) is 10.2 Å². The number of rotatable bonds is 3. The zero-order valence-corrected chi connectivity index (χ0v) is 8.55. The number of aryl methyl sites for hydroxylation is 1. The molecule has 0 aliphatic carbocycles. The molecule has 0 saturated carbocycles. The quantitative estimate of drug-likeness (QED) is 0.820. The Bertz CT molecular complexity index is 424. The maximum absolute atomic E-state index is 5.72. The van der Waals surface area contributed by atoms with E-state index < -0.39 is 0 Å². The number of hydrogen-bond acceptors (Lipinski definition) is 4. The molecule has 0 aliphatic heterocycles. The van der Waals surface area contributed by atoms with Crippen LogP contribution in [0.1, 0.15) is 23.3 Å². The van der Waals surface area contributed by atoms with Crippen molar-refractivity contribution >= 4 is 0 Å². The summed E-state index contributed by atoms with van der Waals surface area (Å²) in [7, 11) is 0. The molecule has 0 radical (unpaired) electrons. The fourth-order valence-electron chi connectivity index (χ4n) is 1.52. The largest absolute Gasteiger partial charge is 0.425 e. The van der Waals surface area contributed by atoms with Crippen molar-refractivity contribution in [3.8, 4) is 0 Å². The van der Waals surface area contributed by atoms with Crippen LogP contribution in [0, 0.1) is 6.92 Å². The lowest BCUT2D eigenvalue weighted by Gasteiger charge is -2.09. The standard InChI is InChI=1S/C11H13N3O/c1-8-13-14-11(15-8)10(7-12)9-5-3-2-4-6-9/h2-6,10H,7,12H2,1H3. The van der Waals surface area contributed by atoms with Crippen LogP contribution in [0.2, 0.25) is 0 Å². The summed E-state index contributed by atoms with van der Waals surface area (Å²) in [5.41, 5.74) is 6.82. The smallest absolute Gasteiger partial charge is 0.225 e. The summed E-state index contributed by atoms with van der Waals surface area (Å²) in [6.45, 7) is 2.24. The van der Waals surface area contributed by atoms with Crippen LogP contribution in [-0.4, -0.2) is 16.7 Å². The molecule has 0 bridgehead atoms. The predicted octanol–water partition coefficient (Wildman–Crippen LogP) is 1.47. The van der Waals surface area contributed by atoms with Gasteiger partial charge in [-0.2, -0.15) is 0 Å². The van der Waals surface area contributed by atoms with E-state index in [1.807, 2.05) is 30.3 Å². The number of aromatic nitrogens is 2. The van der Waals surface area contributed by atoms with Gasteiger partial charge >= 0.3 is 0 Å². The molecule has 0 spiro atoms. The van der Waals surface area contributed by atoms with Gasteiger partial charge in [-0.05, 0) is 5.56 Å². The summed E-state index contributed by atoms with van der Waals surface area (Å²) in [5, 5.41) is 7.81. The van der Waals surface area contributed by atoms with Gasteiger partial charge in [-0.3, -0.25) is 0 Å². The van der Waals surface area contributed by atoms with Crippen molar-refractivity contribution in [2.45, 2.75) is 12.8 Å².